The molecule has 0 aromatic heterocycles. The molecule has 0 amide bonds. The first-order chi connectivity index (χ1) is 2.77. The molecular formula is C4H10LiN. The third-order valence-corrected chi connectivity index (χ3v) is 0.744. The van der Waals surface area contributed by atoms with Gasteiger partial charge < -0.3 is 0 Å². The molecule has 0 rings (SSSR count). The molecular weight excluding hydrogens is 69.0 g/mol. The summed E-state index contributed by atoms with van der Waals surface area (Å²) in [7, 11) is 0. The first-order valence-corrected chi connectivity index (χ1v) is 2.53. The standard InChI is InChI=1S/C4H10N.Li/c1-2-3-4-5;/h4H,2-3,5H2,1H3;. The number of nitrogens with two attached hydrogens (primary N) is 1. The Labute approximate surface area is 48.5 Å². The van der Waals surface area contributed by atoms with Crippen LogP contribution in [-0.4, -0.2) is 22.4 Å². The molecule has 0 radical (unpaired) electrons. The summed E-state index contributed by atoms with van der Waals surface area (Å²) in [5, 5.41) is 0. The molecule has 0 aromatic rings. The fourth-order valence-electron chi connectivity index (χ4n) is 0.455. The zero-order chi connectivity index (χ0) is 4.99. The van der Waals surface area contributed by atoms with Gasteiger partial charge in [-0.25, -0.2) is 0 Å². The van der Waals surface area contributed by atoms with Crippen molar-refractivity contribution in [2.45, 2.75) is 24.5 Å². The summed E-state index contributed by atoms with van der Waals surface area (Å²) in [6.45, 7) is 2.14. The van der Waals surface area contributed by atoms with Crippen LogP contribution in [0.5, 0.6) is 0 Å². The second-order valence-corrected chi connectivity index (χ2v) is 1.77. The van der Waals surface area contributed by atoms with E-state index in [1.54, 1.807) is 0 Å². The van der Waals surface area contributed by atoms with E-state index in [9.17, 15) is 0 Å². The van der Waals surface area contributed by atoms with Gasteiger partial charge >= 0.3 is 47.9 Å². The van der Waals surface area contributed by atoms with Crippen molar-refractivity contribution in [1.29, 1.82) is 0 Å². The van der Waals surface area contributed by atoms with Gasteiger partial charge in [0.05, 0.1) is 0 Å². The van der Waals surface area contributed by atoms with E-state index < -0.39 is 0 Å². The Balaban J connectivity index is 2.63. The molecule has 2 heteroatoms. The Morgan fingerprint density at radius 2 is 2.33 bits per heavy atom. The second kappa shape index (κ2) is 3.74. The van der Waals surface area contributed by atoms with Gasteiger partial charge in [-0.1, -0.05) is 0 Å². The molecule has 0 aromatic carbocycles. The van der Waals surface area contributed by atoms with Gasteiger partial charge in [-0.3, -0.25) is 0 Å². The number of hydrogen-bond acceptors (Lipinski definition) is 1. The van der Waals surface area contributed by atoms with Crippen LogP contribution in [0.15, 0.2) is 0 Å². The number of hydrogen-bond donors (Lipinski definition) is 1. The first-order valence-electron chi connectivity index (χ1n) is 2.53. The van der Waals surface area contributed by atoms with E-state index in [-0.39, 0.29) is 0 Å². The molecule has 0 saturated carbocycles. The Morgan fingerprint density at radius 1 is 1.83 bits per heavy atom. The van der Waals surface area contributed by atoms with E-state index in [1.165, 1.54) is 6.42 Å². The van der Waals surface area contributed by atoms with Crippen LogP contribution < -0.4 is 5.73 Å². The molecule has 0 fully saturated rings. The summed E-state index contributed by atoms with van der Waals surface area (Å²) in [6, 6.07) is 0. The first kappa shape index (κ1) is 6.56. The normalized spacial score (nSPS) is 14.7. The Hall–Kier alpha value is 0.557. The minimum absolute atomic E-state index is 0.398. The van der Waals surface area contributed by atoms with Crippen molar-refractivity contribution in [2.75, 3.05) is 0 Å². The molecule has 32 valence electrons. The fourth-order valence-corrected chi connectivity index (χ4v) is 0.455. The Bertz CT molecular complexity index is 28.7. The predicted octanol–water partition coefficient (Wildman–Crippen LogP) is 0.240. The van der Waals surface area contributed by atoms with Crippen molar-refractivity contribution >= 4 is 17.7 Å². The van der Waals surface area contributed by atoms with E-state index >= 15 is 0 Å². The van der Waals surface area contributed by atoms with Crippen LogP contribution in [0.25, 0.3) is 0 Å². The molecule has 0 aliphatic heterocycles. The van der Waals surface area contributed by atoms with E-state index in [1.807, 2.05) is 17.7 Å². The Morgan fingerprint density at radius 3 is 2.33 bits per heavy atom. The van der Waals surface area contributed by atoms with Crippen LogP contribution in [0.3, 0.4) is 0 Å². The predicted molar refractivity (Wildman–Crippen MR) is 28.6 cm³/mol. The van der Waals surface area contributed by atoms with Crippen molar-refractivity contribution in [3.63, 3.8) is 0 Å². The molecule has 6 heavy (non-hydrogen) atoms. The molecule has 0 spiro atoms. The SMILES string of the molecule is [Li][CH](N)CCC. The third-order valence-electron chi connectivity index (χ3n) is 0.744. The fraction of sp³-hybridized carbons (Fsp3) is 1.00. The zero-order valence-electron chi connectivity index (χ0n) is 4.57. The number of rotatable bonds is 2. The Kier molecular flexibility index (Phi) is 4.08. The maximum atomic E-state index is 5.40. The van der Waals surface area contributed by atoms with Crippen LogP contribution in [0.2, 0.25) is 0 Å². The summed E-state index contributed by atoms with van der Waals surface area (Å²) in [5.74, 6) is 0. The van der Waals surface area contributed by atoms with Gasteiger partial charge in [0.15, 0.2) is 0 Å². The minimum atomic E-state index is 0.398. The quantitative estimate of drug-likeness (QED) is 0.471. The monoisotopic (exact) mass is 79.1 g/mol. The summed E-state index contributed by atoms with van der Waals surface area (Å²) in [6.07, 6.45) is 2.36. The van der Waals surface area contributed by atoms with Crippen LogP contribution >= 0.6 is 0 Å². The molecule has 2 N–H and O–H groups in total. The van der Waals surface area contributed by atoms with Gasteiger partial charge in [0, 0.05) is 0 Å². The van der Waals surface area contributed by atoms with E-state index in [4.69, 9.17) is 5.73 Å². The van der Waals surface area contributed by atoms with Crippen molar-refractivity contribution in [2.24, 2.45) is 5.73 Å². The van der Waals surface area contributed by atoms with Crippen LogP contribution in [0.4, 0.5) is 0 Å². The molecule has 0 aliphatic rings. The van der Waals surface area contributed by atoms with Crippen LogP contribution in [-0.2, 0) is 0 Å². The van der Waals surface area contributed by atoms with Gasteiger partial charge in [0.2, 0.25) is 0 Å². The van der Waals surface area contributed by atoms with Gasteiger partial charge in [-0.15, -0.1) is 0 Å². The molecule has 0 saturated heterocycles. The molecule has 1 atom stereocenters. The topological polar surface area (TPSA) is 26.0 Å². The van der Waals surface area contributed by atoms with Gasteiger partial charge in [-0.2, -0.15) is 0 Å². The van der Waals surface area contributed by atoms with E-state index in [0.717, 1.165) is 6.42 Å². The third kappa shape index (κ3) is 4.56. The van der Waals surface area contributed by atoms with Crippen molar-refractivity contribution in [1.82, 2.24) is 0 Å². The van der Waals surface area contributed by atoms with Crippen molar-refractivity contribution in [3.8, 4) is 0 Å². The van der Waals surface area contributed by atoms with E-state index in [2.05, 4.69) is 6.92 Å². The van der Waals surface area contributed by atoms with Crippen LogP contribution in [0, 0.1) is 0 Å². The van der Waals surface area contributed by atoms with Gasteiger partial charge in [0.25, 0.3) is 0 Å². The average molecular weight is 79.1 g/mol. The molecule has 0 bridgehead atoms. The second-order valence-electron chi connectivity index (χ2n) is 1.77. The summed E-state index contributed by atoms with van der Waals surface area (Å²) < 4.78 is 0.398. The van der Waals surface area contributed by atoms with Gasteiger partial charge in [0.1, 0.15) is 0 Å². The molecule has 0 heterocycles. The zero-order valence-corrected chi connectivity index (χ0v) is 4.57. The van der Waals surface area contributed by atoms with Crippen molar-refractivity contribution < 1.29 is 0 Å². The molecule has 1 nitrogen and oxygen atoms in total. The van der Waals surface area contributed by atoms with Gasteiger partial charge in [-0.05, 0) is 0 Å². The average Bonchev–Trinajstić information content (AvgIpc) is 1.35. The van der Waals surface area contributed by atoms with Crippen molar-refractivity contribution in [3.05, 3.63) is 0 Å². The maximum absolute atomic E-state index is 5.40. The molecule has 0 aliphatic carbocycles. The summed E-state index contributed by atoms with van der Waals surface area (Å²) in [4.78, 5) is 0. The summed E-state index contributed by atoms with van der Waals surface area (Å²) >= 11 is 2.03. The van der Waals surface area contributed by atoms with E-state index in [0.29, 0.717) is 4.71 Å². The summed E-state index contributed by atoms with van der Waals surface area (Å²) in [5.41, 5.74) is 5.40. The van der Waals surface area contributed by atoms with Crippen LogP contribution in [0.1, 0.15) is 19.8 Å². The molecule has 1 unspecified atom stereocenters.